The molecule has 4 N–H and O–H groups in total. The van der Waals surface area contributed by atoms with Crippen molar-refractivity contribution in [3.8, 4) is 16.3 Å². The Hall–Kier alpha value is -4.58. The van der Waals surface area contributed by atoms with Gasteiger partial charge in [0, 0.05) is 36.6 Å². The molecule has 5 rings (SSSR count). The molecule has 44 heavy (non-hydrogen) atoms. The summed E-state index contributed by atoms with van der Waals surface area (Å²) in [5.74, 6) is 1.53. The maximum atomic E-state index is 12.2. The van der Waals surface area contributed by atoms with Crippen LogP contribution >= 0.6 is 11.3 Å². The number of rotatable bonds is 15. The lowest BCUT2D eigenvalue weighted by Crippen LogP contribution is -2.28. The number of aromatic nitrogens is 3. The molecule has 2 aromatic heterocycles. The summed E-state index contributed by atoms with van der Waals surface area (Å²) in [6, 6.07) is 24.8. The molecular formula is C33H37N7O3S. The van der Waals surface area contributed by atoms with Crippen molar-refractivity contribution in [1.29, 1.82) is 0 Å². The zero-order chi connectivity index (χ0) is 30.6. The van der Waals surface area contributed by atoms with Crippen molar-refractivity contribution in [3.63, 3.8) is 0 Å². The largest absolute Gasteiger partial charge is 0.494 e. The van der Waals surface area contributed by atoms with Crippen LogP contribution in [0.3, 0.4) is 0 Å². The topological polar surface area (TPSA) is 125 Å². The minimum atomic E-state index is -0.282. The minimum absolute atomic E-state index is 0.178. The number of amides is 2. The van der Waals surface area contributed by atoms with Crippen LogP contribution in [0.5, 0.6) is 5.75 Å². The van der Waals surface area contributed by atoms with Crippen LogP contribution in [0.1, 0.15) is 18.9 Å². The lowest BCUT2D eigenvalue weighted by molar-refractivity contribution is 0.189. The monoisotopic (exact) mass is 611 g/mol. The molecule has 3 aromatic carbocycles. The molecule has 2 amide bonds. The van der Waals surface area contributed by atoms with Crippen LogP contribution < -0.4 is 20.7 Å². The van der Waals surface area contributed by atoms with Gasteiger partial charge in [0.25, 0.3) is 0 Å². The average Bonchev–Trinajstić information content (AvgIpc) is 3.49. The van der Waals surface area contributed by atoms with Crippen molar-refractivity contribution in [2.45, 2.75) is 19.8 Å². The first-order valence-corrected chi connectivity index (χ1v) is 15.6. The van der Waals surface area contributed by atoms with Gasteiger partial charge >= 0.3 is 6.03 Å². The van der Waals surface area contributed by atoms with E-state index in [0.29, 0.717) is 25.5 Å². The van der Waals surface area contributed by atoms with E-state index in [-0.39, 0.29) is 12.6 Å². The number of aliphatic hydroxyl groups excluding tert-OH is 1. The number of thiazole rings is 1. The van der Waals surface area contributed by atoms with Crippen LogP contribution in [-0.4, -0.2) is 70.4 Å². The smallest absolute Gasteiger partial charge is 0.323 e. The molecule has 0 aliphatic rings. The number of likely N-dealkylation sites (N-methyl/N-ethyl adjacent to an activating group) is 1. The van der Waals surface area contributed by atoms with Crippen LogP contribution in [0.4, 0.5) is 22.0 Å². The van der Waals surface area contributed by atoms with Crippen molar-refractivity contribution >= 4 is 44.9 Å². The molecule has 0 fully saturated rings. The Morgan fingerprint density at radius 1 is 0.932 bits per heavy atom. The number of para-hydroxylation sites is 1. The molecule has 5 aromatic rings. The average molecular weight is 612 g/mol. The van der Waals surface area contributed by atoms with E-state index in [4.69, 9.17) is 14.8 Å². The highest BCUT2D eigenvalue weighted by molar-refractivity contribution is 7.21. The number of ether oxygens (including phenoxy) is 1. The Morgan fingerprint density at radius 2 is 1.68 bits per heavy atom. The van der Waals surface area contributed by atoms with Gasteiger partial charge in [0.15, 0.2) is 5.82 Å². The third-order valence-electron chi connectivity index (χ3n) is 7.00. The van der Waals surface area contributed by atoms with Gasteiger partial charge in [-0.3, -0.25) is 0 Å². The van der Waals surface area contributed by atoms with Crippen molar-refractivity contribution in [2.75, 3.05) is 55.3 Å². The van der Waals surface area contributed by atoms with Gasteiger partial charge in [0.2, 0.25) is 0 Å². The van der Waals surface area contributed by atoms with Crippen LogP contribution in [-0.2, 0) is 6.42 Å². The second kappa shape index (κ2) is 15.8. The molecule has 0 aliphatic carbocycles. The van der Waals surface area contributed by atoms with E-state index in [1.807, 2.05) is 78.9 Å². The summed E-state index contributed by atoms with van der Waals surface area (Å²) >= 11 is 1.53. The van der Waals surface area contributed by atoms with Gasteiger partial charge in [-0.25, -0.2) is 19.7 Å². The van der Waals surface area contributed by atoms with E-state index in [9.17, 15) is 4.79 Å². The summed E-state index contributed by atoms with van der Waals surface area (Å²) in [7, 11) is 0. The van der Waals surface area contributed by atoms with Crippen LogP contribution in [0, 0.1) is 0 Å². The van der Waals surface area contributed by atoms with E-state index in [1.165, 1.54) is 11.3 Å². The normalized spacial score (nSPS) is 11.1. The predicted molar refractivity (Wildman–Crippen MR) is 178 cm³/mol. The number of hydrogen-bond donors (Lipinski definition) is 4. The summed E-state index contributed by atoms with van der Waals surface area (Å²) in [4.78, 5) is 29.0. The highest BCUT2D eigenvalue weighted by atomic mass is 32.1. The van der Waals surface area contributed by atoms with E-state index in [0.717, 1.165) is 69.5 Å². The molecule has 0 spiro atoms. The number of nitrogens with zero attached hydrogens (tertiary/aromatic N) is 4. The first-order chi connectivity index (χ1) is 21.6. The molecule has 0 atom stereocenters. The number of anilines is 3. The number of hydrogen-bond acceptors (Lipinski definition) is 9. The standard InChI is InChI=1S/C33H37N7O3S/c1-2-40(20-21-41)19-6-22-43-28-15-11-25(12-16-28)31-39-29-30(35-23-36-32(29)44-31)34-18-17-24-9-13-27(14-10-24)38-33(42)37-26-7-4-3-5-8-26/h3-5,7-16,23,41H,2,6,17-22H2,1H3,(H,34,35,36)(H2,37,38,42). The third-order valence-corrected chi connectivity index (χ3v) is 8.01. The summed E-state index contributed by atoms with van der Waals surface area (Å²) in [6.07, 6.45) is 3.24. The molecule has 10 nitrogen and oxygen atoms in total. The summed E-state index contributed by atoms with van der Waals surface area (Å²) < 4.78 is 5.91. The molecule has 11 heteroatoms. The van der Waals surface area contributed by atoms with Crippen molar-refractivity contribution in [3.05, 3.63) is 90.8 Å². The number of benzene rings is 3. The molecule has 0 aliphatic heterocycles. The lowest BCUT2D eigenvalue weighted by Gasteiger charge is -2.18. The highest BCUT2D eigenvalue weighted by Crippen LogP contribution is 2.32. The molecule has 0 saturated carbocycles. The summed E-state index contributed by atoms with van der Waals surface area (Å²) in [5.41, 5.74) is 4.34. The second-order valence-corrected chi connectivity index (χ2v) is 11.1. The van der Waals surface area contributed by atoms with E-state index >= 15 is 0 Å². The van der Waals surface area contributed by atoms with E-state index in [1.54, 1.807) is 6.33 Å². The highest BCUT2D eigenvalue weighted by Gasteiger charge is 2.12. The van der Waals surface area contributed by atoms with Gasteiger partial charge in [-0.15, -0.1) is 0 Å². The first kappa shape index (κ1) is 30.9. The second-order valence-electron chi connectivity index (χ2n) is 10.1. The maximum Gasteiger partial charge on any atom is 0.323 e. The Morgan fingerprint density at radius 3 is 2.41 bits per heavy atom. The predicted octanol–water partition coefficient (Wildman–Crippen LogP) is 6.14. The molecule has 0 unspecified atom stereocenters. The van der Waals surface area contributed by atoms with Gasteiger partial charge < -0.3 is 30.7 Å². The lowest BCUT2D eigenvalue weighted by atomic mass is 10.1. The van der Waals surface area contributed by atoms with Gasteiger partial charge in [-0.05, 0) is 73.5 Å². The van der Waals surface area contributed by atoms with Gasteiger partial charge in [0.05, 0.1) is 13.2 Å². The number of nitrogens with one attached hydrogen (secondary N) is 3. The maximum absolute atomic E-state index is 12.2. The summed E-state index contributed by atoms with van der Waals surface area (Å²) in [5, 5.41) is 19.1. The molecule has 0 bridgehead atoms. The number of carbonyl (C=O) groups excluding carboxylic acids is 1. The van der Waals surface area contributed by atoms with Crippen molar-refractivity contribution in [2.24, 2.45) is 0 Å². The zero-order valence-corrected chi connectivity index (χ0v) is 25.5. The fraction of sp³-hybridized carbons (Fsp3) is 0.273. The molecule has 0 radical (unpaired) electrons. The molecule has 2 heterocycles. The fourth-order valence-electron chi connectivity index (χ4n) is 4.64. The summed E-state index contributed by atoms with van der Waals surface area (Å²) in [6.45, 7) is 6.08. The van der Waals surface area contributed by atoms with Crippen molar-refractivity contribution < 1.29 is 14.6 Å². The zero-order valence-electron chi connectivity index (χ0n) is 24.7. The van der Waals surface area contributed by atoms with E-state index in [2.05, 4.69) is 37.7 Å². The van der Waals surface area contributed by atoms with E-state index < -0.39 is 0 Å². The Labute approximate surface area is 261 Å². The van der Waals surface area contributed by atoms with Crippen LogP contribution in [0.15, 0.2) is 85.2 Å². The molecule has 0 saturated heterocycles. The van der Waals surface area contributed by atoms with Gasteiger partial charge in [-0.2, -0.15) is 0 Å². The van der Waals surface area contributed by atoms with Crippen LogP contribution in [0.25, 0.3) is 20.9 Å². The number of aliphatic hydroxyl groups is 1. The van der Waals surface area contributed by atoms with Crippen LogP contribution in [0.2, 0.25) is 0 Å². The first-order valence-electron chi connectivity index (χ1n) is 14.7. The number of urea groups is 1. The van der Waals surface area contributed by atoms with Crippen molar-refractivity contribution in [1.82, 2.24) is 19.9 Å². The number of fused-ring (bicyclic) bond motifs is 1. The molecule has 228 valence electrons. The van der Waals surface area contributed by atoms with Gasteiger partial charge in [0.1, 0.15) is 27.4 Å². The minimum Gasteiger partial charge on any atom is -0.494 e. The number of carbonyl (C=O) groups is 1. The third kappa shape index (κ3) is 8.73. The van der Waals surface area contributed by atoms with Gasteiger partial charge in [-0.1, -0.05) is 48.6 Å². The SMILES string of the molecule is CCN(CCO)CCCOc1ccc(-c2nc3c(NCCc4ccc(NC(=O)Nc5ccccc5)cc4)ncnc3s2)cc1. The molecular weight excluding hydrogens is 574 g/mol. The Kier molecular flexibility index (Phi) is 11.1. The Balaban J connectivity index is 1.11. The fourth-order valence-corrected chi connectivity index (χ4v) is 5.56. The quantitative estimate of drug-likeness (QED) is 0.104. The Bertz CT molecular complexity index is 1610.